The van der Waals surface area contributed by atoms with Crippen molar-refractivity contribution >= 4 is 5.69 Å². The van der Waals surface area contributed by atoms with E-state index in [9.17, 15) is 4.39 Å². The summed E-state index contributed by atoms with van der Waals surface area (Å²) >= 11 is 0. The van der Waals surface area contributed by atoms with Crippen molar-refractivity contribution in [2.75, 3.05) is 25.0 Å². The highest BCUT2D eigenvalue weighted by molar-refractivity contribution is 5.44. The Hall–Kier alpha value is -1.87. The van der Waals surface area contributed by atoms with Crippen LogP contribution < -0.4 is 5.32 Å². The Morgan fingerprint density at radius 3 is 2.57 bits per heavy atom. The molecule has 3 rings (SSSR count). The third-order valence-electron chi connectivity index (χ3n) is 4.05. The van der Waals surface area contributed by atoms with E-state index >= 15 is 0 Å². The second-order valence-corrected chi connectivity index (χ2v) is 5.67. The molecule has 1 N–H and O–H groups in total. The van der Waals surface area contributed by atoms with E-state index < -0.39 is 0 Å². The highest BCUT2D eigenvalue weighted by Gasteiger charge is 2.21. The first-order chi connectivity index (χ1) is 10.3. The van der Waals surface area contributed by atoms with Crippen LogP contribution in [0.2, 0.25) is 0 Å². The van der Waals surface area contributed by atoms with E-state index in [1.807, 2.05) is 12.1 Å². The minimum absolute atomic E-state index is 0.184. The smallest absolute Gasteiger partial charge is 0.123 e. The third-order valence-corrected chi connectivity index (χ3v) is 4.05. The lowest BCUT2D eigenvalue weighted by atomic mass is 10.1. The van der Waals surface area contributed by atoms with Crippen LogP contribution in [0.4, 0.5) is 10.1 Å². The van der Waals surface area contributed by atoms with Crippen LogP contribution in [0.5, 0.6) is 0 Å². The van der Waals surface area contributed by atoms with Gasteiger partial charge < -0.3 is 10.2 Å². The summed E-state index contributed by atoms with van der Waals surface area (Å²) in [5.41, 5.74) is 2.40. The van der Waals surface area contributed by atoms with Crippen molar-refractivity contribution in [2.24, 2.45) is 0 Å². The Kier molecular flexibility index (Phi) is 4.51. The zero-order chi connectivity index (χ0) is 14.5. The number of anilines is 1. The van der Waals surface area contributed by atoms with Gasteiger partial charge in [-0.2, -0.15) is 0 Å². The van der Waals surface area contributed by atoms with Crippen LogP contribution in [0.3, 0.4) is 0 Å². The molecule has 1 fully saturated rings. The van der Waals surface area contributed by atoms with Crippen molar-refractivity contribution in [3.8, 4) is 0 Å². The number of hydrogen-bond acceptors (Lipinski definition) is 2. The minimum atomic E-state index is -0.184. The molecule has 0 saturated carbocycles. The molecule has 1 aliphatic heterocycles. The zero-order valence-corrected chi connectivity index (χ0v) is 12.1. The summed E-state index contributed by atoms with van der Waals surface area (Å²) in [4.78, 5) is 2.49. The fourth-order valence-corrected chi connectivity index (χ4v) is 2.87. The van der Waals surface area contributed by atoms with E-state index in [0.29, 0.717) is 6.04 Å². The van der Waals surface area contributed by atoms with Gasteiger partial charge in [-0.25, -0.2) is 4.39 Å². The average Bonchev–Trinajstić information content (AvgIpc) is 2.96. The molecule has 21 heavy (non-hydrogen) atoms. The van der Waals surface area contributed by atoms with Crippen molar-refractivity contribution in [3.63, 3.8) is 0 Å². The second kappa shape index (κ2) is 6.72. The summed E-state index contributed by atoms with van der Waals surface area (Å²) in [5, 5.41) is 3.49. The maximum Gasteiger partial charge on any atom is 0.123 e. The van der Waals surface area contributed by atoms with E-state index in [0.717, 1.165) is 38.2 Å². The van der Waals surface area contributed by atoms with E-state index in [1.165, 1.54) is 17.7 Å². The summed E-state index contributed by atoms with van der Waals surface area (Å²) in [7, 11) is 0. The lowest BCUT2D eigenvalue weighted by Gasteiger charge is -2.17. The SMILES string of the molecule is Fc1ccc(NC2CCN(CCc3ccccc3)C2)cc1. The van der Waals surface area contributed by atoms with Gasteiger partial charge in [-0.1, -0.05) is 30.3 Å². The quantitative estimate of drug-likeness (QED) is 0.903. The Bertz CT molecular complexity index is 553. The highest BCUT2D eigenvalue weighted by Crippen LogP contribution is 2.16. The summed E-state index contributed by atoms with van der Waals surface area (Å²) in [6.45, 7) is 3.29. The van der Waals surface area contributed by atoms with Gasteiger partial charge in [0, 0.05) is 31.4 Å². The van der Waals surface area contributed by atoms with Crippen molar-refractivity contribution in [1.29, 1.82) is 0 Å². The molecule has 2 nitrogen and oxygen atoms in total. The van der Waals surface area contributed by atoms with E-state index in [-0.39, 0.29) is 5.82 Å². The maximum atomic E-state index is 12.9. The molecule has 0 spiro atoms. The van der Waals surface area contributed by atoms with Gasteiger partial charge in [-0.3, -0.25) is 0 Å². The molecular formula is C18H21FN2. The normalized spacial score (nSPS) is 18.8. The Morgan fingerprint density at radius 1 is 1.05 bits per heavy atom. The predicted molar refractivity (Wildman–Crippen MR) is 85.0 cm³/mol. The van der Waals surface area contributed by atoms with Crippen LogP contribution in [0.15, 0.2) is 54.6 Å². The molecule has 1 atom stereocenters. The van der Waals surface area contributed by atoms with Crippen LogP contribution in [0.25, 0.3) is 0 Å². The number of nitrogens with zero attached hydrogens (tertiary/aromatic N) is 1. The molecule has 1 unspecified atom stereocenters. The number of rotatable bonds is 5. The molecule has 0 aliphatic carbocycles. The predicted octanol–water partition coefficient (Wildman–Crippen LogP) is 3.55. The summed E-state index contributed by atoms with van der Waals surface area (Å²) in [6.07, 6.45) is 2.25. The van der Waals surface area contributed by atoms with Gasteiger partial charge in [0.2, 0.25) is 0 Å². The monoisotopic (exact) mass is 284 g/mol. The van der Waals surface area contributed by atoms with Gasteiger partial charge in [0.05, 0.1) is 0 Å². The topological polar surface area (TPSA) is 15.3 Å². The zero-order valence-electron chi connectivity index (χ0n) is 12.1. The Balaban J connectivity index is 1.46. The summed E-state index contributed by atoms with van der Waals surface area (Å²) in [5.74, 6) is -0.184. The largest absolute Gasteiger partial charge is 0.381 e. The van der Waals surface area contributed by atoms with Gasteiger partial charge in [0.25, 0.3) is 0 Å². The summed E-state index contributed by atoms with van der Waals surface area (Å²) in [6, 6.07) is 17.7. The van der Waals surface area contributed by atoms with Gasteiger partial charge in [0.15, 0.2) is 0 Å². The van der Waals surface area contributed by atoms with Crippen molar-refractivity contribution < 1.29 is 4.39 Å². The van der Waals surface area contributed by atoms with Gasteiger partial charge in [-0.05, 0) is 42.7 Å². The number of halogens is 1. The maximum absolute atomic E-state index is 12.9. The molecule has 0 amide bonds. The van der Waals surface area contributed by atoms with E-state index in [4.69, 9.17) is 0 Å². The molecule has 2 aromatic carbocycles. The molecule has 1 saturated heterocycles. The number of benzene rings is 2. The first kappa shape index (κ1) is 14.1. The van der Waals surface area contributed by atoms with Gasteiger partial charge in [-0.15, -0.1) is 0 Å². The van der Waals surface area contributed by atoms with Gasteiger partial charge >= 0.3 is 0 Å². The Morgan fingerprint density at radius 2 is 1.81 bits per heavy atom. The van der Waals surface area contributed by atoms with Crippen molar-refractivity contribution in [1.82, 2.24) is 4.90 Å². The lowest BCUT2D eigenvalue weighted by molar-refractivity contribution is 0.341. The van der Waals surface area contributed by atoms with Crippen LogP contribution >= 0.6 is 0 Å². The fourth-order valence-electron chi connectivity index (χ4n) is 2.87. The van der Waals surface area contributed by atoms with Crippen LogP contribution in [0, 0.1) is 5.82 Å². The van der Waals surface area contributed by atoms with Crippen molar-refractivity contribution in [2.45, 2.75) is 18.9 Å². The lowest BCUT2D eigenvalue weighted by Crippen LogP contribution is -2.27. The average molecular weight is 284 g/mol. The highest BCUT2D eigenvalue weighted by atomic mass is 19.1. The van der Waals surface area contributed by atoms with E-state index in [2.05, 4.69) is 40.5 Å². The van der Waals surface area contributed by atoms with Gasteiger partial charge in [0.1, 0.15) is 5.82 Å². The van der Waals surface area contributed by atoms with E-state index in [1.54, 1.807) is 0 Å². The molecule has 1 aliphatic rings. The van der Waals surface area contributed by atoms with Crippen LogP contribution in [-0.2, 0) is 6.42 Å². The second-order valence-electron chi connectivity index (χ2n) is 5.67. The Labute approximate surface area is 125 Å². The third kappa shape index (κ3) is 4.05. The van der Waals surface area contributed by atoms with Crippen molar-refractivity contribution in [3.05, 3.63) is 66.0 Å². The van der Waals surface area contributed by atoms with Crippen LogP contribution in [0.1, 0.15) is 12.0 Å². The number of hydrogen-bond donors (Lipinski definition) is 1. The summed E-state index contributed by atoms with van der Waals surface area (Å²) < 4.78 is 12.9. The number of likely N-dealkylation sites (tertiary alicyclic amines) is 1. The van der Waals surface area contributed by atoms with Crippen LogP contribution in [-0.4, -0.2) is 30.6 Å². The molecule has 110 valence electrons. The molecule has 2 aromatic rings. The fraction of sp³-hybridized carbons (Fsp3) is 0.333. The minimum Gasteiger partial charge on any atom is -0.381 e. The molecule has 0 bridgehead atoms. The number of nitrogens with one attached hydrogen (secondary N) is 1. The molecule has 0 aromatic heterocycles. The molecule has 0 radical (unpaired) electrons. The molecule has 3 heteroatoms. The molecular weight excluding hydrogens is 263 g/mol. The standard InChI is InChI=1S/C18H21FN2/c19-16-6-8-17(9-7-16)20-18-11-13-21(14-18)12-10-15-4-2-1-3-5-15/h1-9,18,20H,10-14H2. The first-order valence-corrected chi connectivity index (χ1v) is 7.58. The molecule has 1 heterocycles. The first-order valence-electron chi connectivity index (χ1n) is 7.58.